The second-order valence-electron chi connectivity index (χ2n) is 5.18. The fraction of sp³-hybridized carbons (Fsp3) is 0.333. The molecule has 1 aromatic rings. The van der Waals surface area contributed by atoms with Gasteiger partial charge in [-0.2, -0.15) is 0 Å². The Bertz CT molecular complexity index is 588. The molecule has 0 fully saturated rings. The van der Waals surface area contributed by atoms with Gasteiger partial charge in [0, 0.05) is 26.2 Å². The third kappa shape index (κ3) is 9.13. The van der Waals surface area contributed by atoms with Gasteiger partial charge in [0.1, 0.15) is 12.4 Å². The molecule has 0 bridgehead atoms. The summed E-state index contributed by atoms with van der Waals surface area (Å²) in [7, 11) is 3.43. The molecule has 25 heavy (non-hydrogen) atoms. The number of benzene rings is 1. The van der Waals surface area contributed by atoms with Crippen LogP contribution >= 0.6 is 24.0 Å². The number of amides is 1. The van der Waals surface area contributed by atoms with Crippen LogP contribution < -0.4 is 15.4 Å². The van der Waals surface area contributed by atoms with Gasteiger partial charge in [-0.25, -0.2) is 4.99 Å². The van der Waals surface area contributed by atoms with Gasteiger partial charge in [0.15, 0.2) is 5.96 Å². The van der Waals surface area contributed by atoms with Crippen molar-refractivity contribution in [1.82, 2.24) is 15.5 Å². The molecule has 0 aromatic heterocycles. The largest absolute Gasteiger partial charge is 0.489 e. The Labute approximate surface area is 167 Å². The lowest BCUT2D eigenvalue weighted by Crippen LogP contribution is -2.43. The van der Waals surface area contributed by atoms with E-state index in [4.69, 9.17) is 4.74 Å². The predicted molar refractivity (Wildman–Crippen MR) is 114 cm³/mol. The minimum atomic E-state index is -0.0298. The van der Waals surface area contributed by atoms with Gasteiger partial charge < -0.3 is 20.3 Å². The van der Waals surface area contributed by atoms with E-state index in [1.54, 1.807) is 26.2 Å². The van der Waals surface area contributed by atoms with Gasteiger partial charge in [-0.15, -0.1) is 30.6 Å². The van der Waals surface area contributed by atoms with Gasteiger partial charge in [-0.3, -0.25) is 4.79 Å². The Balaban J connectivity index is 0.00000576. The number of carbonyl (C=O) groups excluding carboxylic acids is 1. The number of hydrogen-bond donors (Lipinski definition) is 2. The Hall–Kier alpha value is -2.03. The van der Waals surface area contributed by atoms with Crippen LogP contribution in [0.4, 0.5) is 0 Å². The van der Waals surface area contributed by atoms with Gasteiger partial charge in [-0.05, 0) is 6.07 Å². The van der Waals surface area contributed by atoms with Crippen LogP contribution in [0.2, 0.25) is 0 Å². The van der Waals surface area contributed by atoms with Crippen molar-refractivity contribution in [2.45, 2.75) is 6.54 Å². The van der Waals surface area contributed by atoms with E-state index in [-0.39, 0.29) is 36.4 Å². The molecule has 0 radical (unpaired) electrons. The highest BCUT2D eigenvalue weighted by atomic mass is 127. The summed E-state index contributed by atoms with van der Waals surface area (Å²) >= 11 is 0. The van der Waals surface area contributed by atoms with Crippen molar-refractivity contribution in [2.75, 3.05) is 33.8 Å². The van der Waals surface area contributed by atoms with E-state index in [2.05, 4.69) is 28.8 Å². The standard InChI is InChI=1S/C18H26N4O2.HI/c1-5-11-19-18(21-14-17(23)22(3)4)20-13-15-9-7-8-10-16(15)24-12-6-2;/h5-10H,1-2,11-14H2,3-4H3,(H2,19,20,21);1H. The van der Waals surface area contributed by atoms with E-state index in [0.717, 1.165) is 11.3 Å². The molecule has 1 aromatic carbocycles. The maximum atomic E-state index is 11.7. The molecule has 138 valence electrons. The maximum absolute atomic E-state index is 11.7. The Morgan fingerprint density at radius 2 is 1.96 bits per heavy atom. The Morgan fingerprint density at radius 3 is 2.60 bits per heavy atom. The van der Waals surface area contributed by atoms with E-state index in [1.165, 1.54) is 4.90 Å². The molecular formula is C18H27IN4O2. The van der Waals surface area contributed by atoms with Crippen LogP contribution in [0.3, 0.4) is 0 Å². The van der Waals surface area contributed by atoms with Gasteiger partial charge in [0.05, 0.1) is 13.1 Å². The molecule has 1 rings (SSSR count). The van der Waals surface area contributed by atoms with Crippen LogP contribution in [-0.4, -0.2) is 50.6 Å². The highest BCUT2D eigenvalue weighted by Gasteiger charge is 2.06. The first-order valence-corrected chi connectivity index (χ1v) is 7.73. The third-order valence-electron chi connectivity index (χ3n) is 3.06. The molecule has 7 heteroatoms. The monoisotopic (exact) mass is 458 g/mol. The number of halogens is 1. The molecule has 0 heterocycles. The van der Waals surface area contributed by atoms with Crippen LogP contribution in [0.1, 0.15) is 5.56 Å². The first-order chi connectivity index (χ1) is 11.6. The molecule has 0 unspecified atom stereocenters. The van der Waals surface area contributed by atoms with Gasteiger partial charge in [0.2, 0.25) is 5.91 Å². The number of ether oxygens (including phenoxy) is 1. The first kappa shape index (κ1) is 23.0. The lowest BCUT2D eigenvalue weighted by atomic mass is 10.2. The quantitative estimate of drug-likeness (QED) is 0.258. The number of guanidine groups is 1. The highest BCUT2D eigenvalue weighted by Crippen LogP contribution is 2.18. The Kier molecular flexibility index (Phi) is 12.2. The second kappa shape index (κ2) is 13.3. The fourth-order valence-corrected chi connectivity index (χ4v) is 1.75. The molecule has 0 spiro atoms. The molecule has 0 aliphatic carbocycles. The van der Waals surface area contributed by atoms with Crippen LogP contribution in [0.5, 0.6) is 5.75 Å². The van der Waals surface area contributed by atoms with Crippen LogP contribution in [0.15, 0.2) is 54.6 Å². The minimum Gasteiger partial charge on any atom is -0.489 e. The molecule has 6 nitrogen and oxygen atoms in total. The SMILES string of the molecule is C=CCNC(=NCc1ccccc1OCC=C)NCC(=O)N(C)C.I. The molecule has 0 saturated heterocycles. The number of hydrogen-bond acceptors (Lipinski definition) is 3. The van der Waals surface area contributed by atoms with Crippen molar-refractivity contribution in [3.05, 3.63) is 55.1 Å². The fourth-order valence-electron chi connectivity index (χ4n) is 1.75. The molecule has 0 aliphatic rings. The zero-order valence-electron chi connectivity index (χ0n) is 14.8. The number of likely N-dealkylation sites (N-methyl/N-ethyl adjacent to an activating group) is 1. The maximum Gasteiger partial charge on any atom is 0.241 e. The highest BCUT2D eigenvalue weighted by molar-refractivity contribution is 14.0. The summed E-state index contributed by atoms with van der Waals surface area (Å²) in [4.78, 5) is 17.7. The smallest absolute Gasteiger partial charge is 0.241 e. The number of para-hydroxylation sites is 1. The van der Waals surface area contributed by atoms with Crippen molar-refractivity contribution in [3.63, 3.8) is 0 Å². The van der Waals surface area contributed by atoms with Crippen molar-refractivity contribution in [1.29, 1.82) is 0 Å². The minimum absolute atomic E-state index is 0. The average molecular weight is 458 g/mol. The zero-order valence-corrected chi connectivity index (χ0v) is 17.2. The van der Waals surface area contributed by atoms with Crippen molar-refractivity contribution in [2.24, 2.45) is 4.99 Å². The predicted octanol–water partition coefficient (Wildman–Crippen LogP) is 2.18. The van der Waals surface area contributed by atoms with Crippen molar-refractivity contribution < 1.29 is 9.53 Å². The van der Waals surface area contributed by atoms with E-state index in [0.29, 0.717) is 25.7 Å². The molecule has 0 atom stereocenters. The van der Waals surface area contributed by atoms with Crippen LogP contribution in [0.25, 0.3) is 0 Å². The Morgan fingerprint density at radius 1 is 1.24 bits per heavy atom. The summed E-state index contributed by atoms with van der Waals surface area (Å²) in [5.41, 5.74) is 0.956. The summed E-state index contributed by atoms with van der Waals surface area (Å²) in [6.45, 7) is 8.92. The lowest BCUT2D eigenvalue weighted by Gasteiger charge is -2.14. The second-order valence-corrected chi connectivity index (χ2v) is 5.18. The van der Waals surface area contributed by atoms with Crippen molar-refractivity contribution >= 4 is 35.8 Å². The summed E-state index contributed by atoms with van der Waals surface area (Å²) in [6, 6.07) is 7.70. The molecule has 0 saturated carbocycles. The normalized spacial score (nSPS) is 10.2. The third-order valence-corrected chi connectivity index (χ3v) is 3.06. The topological polar surface area (TPSA) is 66.0 Å². The summed E-state index contributed by atoms with van der Waals surface area (Å²) in [6.07, 6.45) is 3.43. The number of nitrogens with one attached hydrogen (secondary N) is 2. The van der Waals surface area contributed by atoms with E-state index in [1.807, 2.05) is 24.3 Å². The van der Waals surface area contributed by atoms with Crippen LogP contribution in [-0.2, 0) is 11.3 Å². The van der Waals surface area contributed by atoms with E-state index in [9.17, 15) is 4.79 Å². The van der Waals surface area contributed by atoms with Gasteiger partial charge in [0.25, 0.3) is 0 Å². The average Bonchev–Trinajstić information content (AvgIpc) is 2.59. The number of rotatable bonds is 9. The summed E-state index contributed by atoms with van der Waals surface area (Å²) < 4.78 is 5.62. The molecule has 1 amide bonds. The molecular weight excluding hydrogens is 431 g/mol. The first-order valence-electron chi connectivity index (χ1n) is 7.73. The number of carbonyl (C=O) groups is 1. The number of aliphatic imine (C=N–C) groups is 1. The molecule has 2 N–H and O–H groups in total. The zero-order chi connectivity index (χ0) is 17.8. The van der Waals surface area contributed by atoms with Gasteiger partial charge in [-0.1, -0.05) is 36.9 Å². The summed E-state index contributed by atoms with van der Waals surface area (Å²) in [5.74, 6) is 1.29. The van der Waals surface area contributed by atoms with Crippen molar-refractivity contribution in [3.8, 4) is 5.75 Å². The molecule has 0 aliphatic heterocycles. The number of nitrogens with zero attached hydrogens (tertiary/aromatic N) is 2. The summed E-state index contributed by atoms with van der Waals surface area (Å²) in [5, 5.41) is 6.10. The van der Waals surface area contributed by atoms with Gasteiger partial charge >= 0.3 is 0 Å². The lowest BCUT2D eigenvalue weighted by molar-refractivity contribution is -0.127. The van der Waals surface area contributed by atoms with Crippen LogP contribution in [0, 0.1) is 0 Å². The van der Waals surface area contributed by atoms with E-state index < -0.39 is 0 Å². The van der Waals surface area contributed by atoms with E-state index >= 15 is 0 Å².